The standard InChI is InChI=1S/C26H28ClNO5.ClH/c1-17(2)33-25-15-19(8-11-23(25)26(30)31)18-6-9-22(10-7-18)32-13-12-28-16-24(29)20-4-3-5-21(27)14-20;/h3-11,14-15,17,24,28-29H,12-13,16H2,1-2H3,(H,30,31);1H/t24-;/m0./s1. The van der Waals surface area contributed by atoms with Crippen molar-refractivity contribution in [3.8, 4) is 22.6 Å². The molecule has 34 heavy (non-hydrogen) atoms. The first-order valence-corrected chi connectivity index (χ1v) is 11.1. The van der Waals surface area contributed by atoms with Gasteiger partial charge in [-0.05, 0) is 66.9 Å². The number of hydrogen-bond acceptors (Lipinski definition) is 5. The van der Waals surface area contributed by atoms with Crippen LogP contribution in [0.1, 0.15) is 35.9 Å². The first-order chi connectivity index (χ1) is 15.8. The topological polar surface area (TPSA) is 88.0 Å². The van der Waals surface area contributed by atoms with E-state index in [4.69, 9.17) is 21.1 Å². The van der Waals surface area contributed by atoms with E-state index in [9.17, 15) is 15.0 Å². The summed E-state index contributed by atoms with van der Waals surface area (Å²) in [5.74, 6) is 0.0488. The summed E-state index contributed by atoms with van der Waals surface area (Å²) < 4.78 is 11.4. The van der Waals surface area contributed by atoms with Crippen molar-refractivity contribution in [2.45, 2.75) is 26.1 Å². The molecule has 0 radical (unpaired) electrons. The molecule has 3 aromatic rings. The molecule has 0 aliphatic heterocycles. The minimum absolute atomic E-state index is 0. The number of carbonyl (C=O) groups is 1. The first kappa shape index (κ1) is 27.5. The van der Waals surface area contributed by atoms with E-state index in [1.54, 1.807) is 30.3 Å². The predicted octanol–water partition coefficient (Wildman–Crippen LogP) is 5.62. The highest BCUT2D eigenvalue weighted by molar-refractivity contribution is 6.30. The number of aromatic carboxylic acids is 1. The zero-order chi connectivity index (χ0) is 23.8. The molecule has 0 aromatic heterocycles. The van der Waals surface area contributed by atoms with Crippen molar-refractivity contribution in [3.05, 3.63) is 82.9 Å². The molecule has 0 spiro atoms. The van der Waals surface area contributed by atoms with E-state index in [1.807, 2.05) is 50.2 Å². The molecule has 6 nitrogen and oxygen atoms in total. The molecule has 3 N–H and O–H groups in total. The number of aliphatic hydroxyl groups excluding tert-OH is 1. The third-order valence-corrected chi connectivity index (χ3v) is 5.12. The summed E-state index contributed by atoms with van der Waals surface area (Å²) in [5, 5.41) is 23.4. The van der Waals surface area contributed by atoms with Crippen LogP contribution in [-0.4, -0.2) is 42.0 Å². The van der Waals surface area contributed by atoms with Gasteiger partial charge in [-0.1, -0.05) is 41.9 Å². The van der Waals surface area contributed by atoms with Gasteiger partial charge in [-0.25, -0.2) is 4.79 Å². The van der Waals surface area contributed by atoms with Crippen molar-refractivity contribution in [2.24, 2.45) is 0 Å². The molecular weight excluding hydrogens is 477 g/mol. The largest absolute Gasteiger partial charge is 0.492 e. The van der Waals surface area contributed by atoms with Crippen molar-refractivity contribution in [1.29, 1.82) is 0 Å². The van der Waals surface area contributed by atoms with Crippen LogP contribution in [0.2, 0.25) is 5.02 Å². The van der Waals surface area contributed by atoms with Crippen molar-refractivity contribution < 1.29 is 24.5 Å². The molecule has 3 rings (SSSR count). The maximum absolute atomic E-state index is 11.4. The molecule has 3 aromatic carbocycles. The Balaban J connectivity index is 0.00000408. The summed E-state index contributed by atoms with van der Waals surface area (Å²) in [7, 11) is 0. The molecule has 0 fully saturated rings. The fraction of sp³-hybridized carbons (Fsp3) is 0.269. The van der Waals surface area contributed by atoms with Gasteiger partial charge in [0.1, 0.15) is 23.7 Å². The Morgan fingerprint density at radius 1 is 1.03 bits per heavy atom. The lowest BCUT2D eigenvalue weighted by molar-refractivity contribution is 0.0690. The highest BCUT2D eigenvalue weighted by Crippen LogP contribution is 2.29. The molecular formula is C26H29Cl2NO5. The van der Waals surface area contributed by atoms with Crippen molar-refractivity contribution in [1.82, 2.24) is 5.32 Å². The van der Waals surface area contributed by atoms with E-state index < -0.39 is 12.1 Å². The predicted molar refractivity (Wildman–Crippen MR) is 137 cm³/mol. The number of nitrogens with one attached hydrogen (secondary N) is 1. The van der Waals surface area contributed by atoms with Crippen LogP contribution in [0.3, 0.4) is 0 Å². The van der Waals surface area contributed by atoms with Gasteiger partial charge in [-0.3, -0.25) is 0 Å². The van der Waals surface area contributed by atoms with Gasteiger partial charge in [-0.2, -0.15) is 0 Å². The summed E-state index contributed by atoms with van der Waals surface area (Å²) in [6, 6.07) is 19.8. The second kappa shape index (κ2) is 13.2. The quantitative estimate of drug-likeness (QED) is 0.293. The lowest BCUT2D eigenvalue weighted by atomic mass is 10.0. The lowest BCUT2D eigenvalue weighted by Gasteiger charge is -2.14. The van der Waals surface area contributed by atoms with Crippen molar-refractivity contribution in [2.75, 3.05) is 19.7 Å². The Hall–Kier alpha value is -2.77. The molecule has 0 amide bonds. The smallest absolute Gasteiger partial charge is 0.339 e. The van der Waals surface area contributed by atoms with Gasteiger partial charge in [-0.15, -0.1) is 12.4 Å². The fourth-order valence-corrected chi connectivity index (χ4v) is 3.48. The van der Waals surface area contributed by atoms with Crippen LogP contribution in [0, 0.1) is 0 Å². The monoisotopic (exact) mass is 505 g/mol. The molecule has 0 saturated carbocycles. The highest BCUT2D eigenvalue weighted by Gasteiger charge is 2.14. The molecule has 8 heteroatoms. The summed E-state index contributed by atoms with van der Waals surface area (Å²) in [6.45, 7) is 5.14. The average molecular weight is 506 g/mol. The van der Waals surface area contributed by atoms with Crippen molar-refractivity contribution >= 4 is 30.0 Å². The summed E-state index contributed by atoms with van der Waals surface area (Å²) in [4.78, 5) is 11.4. The van der Waals surface area contributed by atoms with E-state index in [-0.39, 0.29) is 24.1 Å². The lowest BCUT2D eigenvalue weighted by Crippen LogP contribution is -2.26. The molecule has 0 bridgehead atoms. The zero-order valence-corrected chi connectivity index (χ0v) is 20.6. The average Bonchev–Trinajstić information content (AvgIpc) is 2.78. The SMILES string of the molecule is CC(C)Oc1cc(-c2ccc(OCCNC[C@H](O)c3cccc(Cl)c3)cc2)ccc1C(=O)O.Cl. The van der Waals surface area contributed by atoms with Crippen LogP contribution >= 0.6 is 24.0 Å². The highest BCUT2D eigenvalue weighted by atomic mass is 35.5. The number of carboxylic acid groups (broad SMARTS) is 1. The maximum Gasteiger partial charge on any atom is 0.339 e. The molecule has 0 aliphatic carbocycles. The Morgan fingerprint density at radius 3 is 2.38 bits per heavy atom. The number of halogens is 2. The zero-order valence-electron chi connectivity index (χ0n) is 19.0. The maximum atomic E-state index is 11.4. The van der Waals surface area contributed by atoms with Crippen LogP contribution in [0.15, 0.2) is 66.7 Å². The number of carboxylic acids is 1. The van der Waals surface area contributed by atoms with Crippen LogP contribution in [-0.2, 0) is 0 Å². The third-order valence-electron chi connectivity index (χ3n) is 4.88. The van der Waals surface area contributed by atoms with Crippen molar-refractivity contribution in [3.63, 3.8) is 0 Å². The van der Waals surface area contributed by atoms with Gasteiger partial charge in [0.2, 0.25) is 0 Å². The molecule has 0 heterocycles. The van der Waals surface area contributed by atoms with Crippen LogP contribution in [0.4, 0.5) is 0 Å². The Morgan fingerprint density at radius 2 is 1.74 bits per heavy atom. The molecule has 0 saturated heterocycles. The Labute approximate surface area is 210 Å². The van der Waals surface area contributed by atoms with Gasteiger partial charge in [0.25, 0.3) is 0 Å². The molecule has 0 unspecified atom stereocenters. The second-order valence-corrected chi connectivity index (χ2v) is 8.27. The van der Waals surface area contributed by atoms with E-state index >= 15 is 0 Å². The molecule has 0 aliphatic rings. The minimum Gasteiger partial charge on any atom is -0.492 e. The van der Waals surface area contributed by atoms with E-state index in [2.05, 4.69) is 5.32 Å². The summed E-state index contributed by atoms with van der Waals surface area (Å²) in [6.07, 6.45) is -0.769. The Bertz CT molecular complexity index is 1070. The van der Waals surface area contributed by atoms with Gasteiger partial charge in [0.15, 0.2) is 0 Å². The third kappa shape index (κ3) is 7.92. The number of hydrogen-bond donors (Lipinski definition) is 3. The first-order valence-electron chi connectivity index (χ1n) is 10.7. The van der Waals surface area contributed by atoms with Gasteiger partial charge in [0, 0.05) is 18.1 Å². The van der Waals surface area contributed by atoms with Crippen LogP contribution in [0.25, 0.3) is 11.1 Å². The Kier molecular flexibility index (Phi) is 10.7. The van der Waals surface area contributed by atoms with Gasteiger partial charge < -0.3 is 25.0 Å². The number of rotatable bonds is 11. The number of benzene rings is 3. The normalized spacial score (nSPS) is 11.6. The van der Waals surface area contributed by atoms with Crippen LogP contribution in [0.5, 0.6) is 11.5 Å². The molecule has 1 atom stereocenters. The van der Waals surface area contributed by atoms with E-state index in [1.165, 1.54) is 0 Å². The number of ether oxygens (including phenoxy) is 2. The second-order valence-electron chi connectivity index (χ2n) is 7.83. The molecule has 182 valence electrons. The number of aliphatic hydroxyl groups is 1. The summed E-state index contributed by atoms with van der Waals surface area (Å²) in [5.41, 5.74) is 2.69. The van der Waals surface area contributed by atoms with E-state index in [0.717, 1.165) is 22.4 Å². The minimum atomic E-state index is -1.02. The van der Waals surface area contributed by atoms with Gasteiger partial charge >= 0.3 is 5.97 Å². The van der Waals surface area contributed by atoms with Crippen LogP contribution < -0.4 is 14.8 Å². The fourth-order valence-electron chi connectivity index (χ4n) is 3.29. The van der Waals surface area contributed by atoms with E-state index in [0.29, 0.717) is 30.5 Å². The summed E-state index contributed by atoms with van der Waals surface area (Å²) >= 11 is 5.96. The van der Waals surface area contributed by atoms with Gasteiger partial charge in [0.05, 0.1) is 12.2 Å².